The number of halogens is 8. The van der Waals surface area contributed by atoms with Crippen LogP contribution >= 0.6 is 0 Å². The Kier molecular flexibility index (Phi) is 5.52. The van der Waals surface area contributed by atoms with Gasteiger partial charge in [0.1, 0.15) is 18.5 Å². The summed E-state index contributed by atoms with van der Waals surface area (Å²) in [4.78, 5) is 22.6. The van der Waals surface area contributed by atoms with E-state index in [0.717, 1.165) is 6.07 Å². The van der Waals surface area contributed by atoms with Crippen molar-refractivity contribution >= 4 is 12.3 Å². The minimum absolute atomic E-state index is 0.0107. The maximum atomic E-state index is 13.5. The van der Waals surface area contributed by atoms with Crippen molar-refractivity contribution in [1.29, 1.82) is 0 Å². The summed E-state index contributed by atoms with van der Waals surface area (Å²) in [6, 6.07) is 1.75. The maximum Gasteiger partial charge on any atom is 0.416 e. The predicted molar refractivity (Wildman–Crippen MR) is 72.2 cm³/mol. The maximum absolute atomic E-state index is 13.5. The third-order valence-electron chi connectivity index (χ3n) is 3.37. The van der Waals surface area contributed by atoms with Crippen molar-refractivity contribution < 1.29 is 49.4 Å². The predicted octanol–water partition coefficient (Wildman–Crippen LogP) is 4.57. The van der Waals surface area contributed by atoms with Gasteiger partial charge in [-0.1, -0.05) is 6.07 Å². The Balaban J connectivity index is 2.31. The number of esters is 1. The largest absolute Gasteiger partial charge is 0.457 e. The molecule has 0 aliphatic heterocycles. The Labute approximate surface area is 145 Å². The van der Waals surface area contributed by atoms with Crippen molar-refractivity contribution in [1.82, 2.24) is 0 Å². The van der Waals surface area contributed by atoms with E-state index in [-0.39, 0.29) is 11.8 Å². The summed E-state index contributed by atoms with van der Waals surface area (Å²) in [6.07, 6.45) is -4.75. The van der Waals surface area contributed by atoms with Crippen LogP contribution in [0.25, 0.3) is 0 Å². The van der Waals surface area contributed by atoms with Crippen LogP contribution in [0, 0.1) is 29.1 Å². The third kappa shape index (κ3) is 3.91. The van der Waals surface area contributed by atoms with Gasteiger partial charge >= 0.3 is 12.1 Å². The molecule has 2 rings (SSSR count). The highest BCUT2D eigenvalue weighted by Gasteiger charge is 2.32. The normalized spacial score (nSPS) is 11.4. The van der Waals surface area contributed by atoms with Crippen molar-refractivity contribution in [3.8, 4) is 0 Å². The Hall–Kier alpha value is -2.98. The van der Waals surface area contributed by atoms with E-state index in [2.05, 4.69) is 4.74 Å². The van der Waals surface area contributed by atoms with E-state index in [9.17, 15) is 44.7 Å². The van der Waals surface area contributed by atoms with Crippen molar-refractivity contribution in [2.45, 2.75) is 12.8 Å². The monoisotopic (exact) mass is 398 g/mol. The molecule has 0 unspecified atom stereocenters. The zero-order valence-electron chi connectivity index (χ0n) is 12.8. The average Bonchev–Trinajstić information content (AvgIpc) is 2.62. The first kappa shape index (κ1) is 20.3. The lowest BCUT2D eigenvalue weighted by Gasteiger charge is -2.12. The van der Waals surface area contributed by atoms with Crippen LogP contribution in [0.15, 0.2) is 18.2 Å². The fraction of sp³-hybridized carbons (Fsp3) is 0.125. The molecule has 2 aromatic rings. The first-order chi connectivity index (χ1) is 12.5. The van der Waals surface area contributed by atoms with Gasteiger partial charge in [0.2, 0.25) is 5.82 Å². The molecule has 144 valence electrons. The molecular formula is C16H6F8O3. The minimum Gasteiger partial charge on any atom is -0.457 e. The van der Waals surface area contributed by atoms with Gasteiger partial charge in [0.05, 0.1) is 5.56 Å². The lowest BCUT2D eigenvalue weighted by Crippen LogP contribution is -2.15. The van der Waals surface area contributed by atoms with E-state index in [0.29, 0.717) is 12.1 Å². The molecule has 0 fully saturated rings. The van der Waals surface area contributed by atoms with E-state index in [1.165, 1.54) is 0 Å². The number of ether oxygens (including phenoxy) is 1. The summed E-state index contributed by atoms with van der Waals surface area (Å²) in [6.45, 7) is -0.954. The summed E-state index contributed by atoms with van der Waals surface area (Å²) in [5.74, 6) is -14.0. The number of hydrogen-bond acceptors (Lipinski definition) is 3. The smallest absolute Gasteiger partial charge is 0.416 e. The summed E-state index contributed by atoms with van der Waals surface area (Å²) in [5.41, 5.74) is -3.88. The fourth-order valence-electron chi connectivity index (χ4n) is 2.01. The number of rotatable bonds is 4. The highest BCUT2D eigenvalue weighted by atomic mass is 19.4. The molecule has 0 saturated carbocycles. The zero-order chi connectivity index (χ0) is 20.5. The van der Waals surface area contributed by atoms with Crippen LogP contribution in [0.4, 0.5) is 35.1 Å². The second-order valence-corrected chi connectivity index (χ2v) is 5.05. The van der Waals surface area contributed by atoms with Gasteiger partial charge < -0.3 is 4.74 Å². The summed E-state index contributed by atoms with van der Waals surface area (Å²) >= 11 is 0. The standard InChI is InChI=1S/C16H6F8O3/c17-10-9(11(18)13(20)14(21)12(10)19)15(26)27-5-6-1-2-8(16(22,23)24)3-7(6)4-25/h1-4H,5H2. The Morgan fingerprint density at radius 2 is 1.44 bits per heavy atom. The Morgan fingerprint density at radius 1 is 0.926 bits per heavy atom. The highest BCUT2D eigenvalue weighted by Crippen LogP contribution is 2.30. The molecule has 0 aliphatic carbocycles. The van der Waals surface area contributed by atoms with Crippen LogP contribution < -0.4 is 0 Å². The number of benzene rings is 2. The molecular weight excluding hydrogens is 392 g/mol. The lowest BCUT2D eigenvalue weighted by molar-refractivity contribution is -0.137. The summed E-state index contributed by atoms with van der Waals surface area (Å²) in [7, 11) is 0. The molecule has 0 N–H and O–H groups in total. The number of carbonyl (C=O) groups is 2. The van der Waals surface area contributed by atoms with E-state index in [1.807, 2.05) is 0 Å². The highest BCUT2D eigenvalue weighted by molar-refractivity contribution is 5.90. The first-order valence-electron chi connectivity index (χ1n) is 6.82. The quantitative estimate of drug-likeness (QED) is 0.249. The minimum atomic E-state index is -4.76. The average molecular weight is 398 g/mol. The Bertz CT molecular complexity index is 892. The molecule has 0 aliphatic rings. The van der Waals surface area contributed by atoms with Crippen LogP contribution in [0.1, 0.15) is 31.8 Å². The second kappa shape index (κ2) is 7.33. The van der Waals surface area contributed by atoms with Crippen LogP contribution in [-0.4, -0.2) is 12.3 Å². The van der Waals surface area contributed by atoms with Gasteiger partial charge in [0.25, 0.3) is 0 Å². The van der Waals surface area contributed by atoms with Gasteiger partial charge in [-0.2, -0.15) is 13.2 Å². The molecule has 0 radical (unpaired) electrons. The van der Waals surface area contributed by atoms with Crippen molar-refractivity contribution in [2.75, 3.05) is 0 Å². The number of carbonyl (C=O) groups excluding carboxylic acids is 2. The molecule has 2 aromatic carbocycles. The van der Waals surface area contributed by atoms with Crippen LogP contribution in [0.2, 0.25) is 0 Å². The van der Waals surface area contributed by atoms with E-state index in [4.69, 9.17) is 0 Å². The van der Waals surface area contributed by atoms with E-state index in [1.54, 1.807) is 0 Å². The molecule has 0 saturated heterocycles. The zero-order valence-corrected chi connectivity index (χ0v) is 12.8. The van der Waals surface area contributed by atoms with Crippen molar-refractivity contribution in [3.05, 3.63) is 69.5 Å². The lowest BCUT2D eigenvalue weighted by atomic mass is 10.0. The fourth-order valence-corrected chi connectivity index (χ4v) is 2.01. The first-order valence-corrected chi connectivity index (χ1v) is 6.82. The van der Waals surface area contributed by atoms with E-state index < -0.39 is 64.5 Å². The summed E-state index contributed by atoms with van der Waals surface area (Å²) < 4.78 is 108. The molecule has 0 atom stereocenters. The van der Waals surface area contributed by atoms with Gasteiger partial charge in [0, 0.05) is 5.56 Å². The molecule has 0 bridgehead atoms. The van der Waals surface area contributed by atoms with Crippen molar-refractivity contribution in [2.24, 2.45) is 0 Å². The van der Waals surface area contributed by atoms with Gasteiger partial charge in [-0.3, -0.25) is 4.79 Å². The Morgan fingerprint density at radius 3 is 1.93 bits per heavy atom. The SMILES string of the molecule is O=Cc1cc(C(F)(F)F)ccc1COC(=O)c1c(F)c(F)c(F)c(F)c1F. The topological polar surface area (TPSA) is 43.4 Å². The van der Waals surface area contributed by atoms with Crippen LogP contribution in [0.5, 0.6) is 0 Å². The number of alkyl halides is 3. The van der Waals surface area contributed by atoms with Gasteiger partial charge in [-0.25, -0.2) is 26.7 Å². The molecule has 0 amide bonds. The molecule has 0 heterocycles. The molecule has 0 spiro atoms. The van der Waals surface area contributed by atoms with Crippen molar-refractivity contribution in [3.63, 3.8) is 0 Å². The molecule has 3 nitrogen and oxygen atoms in total. The van der Waals surface area contributed by atoms with Gasteiger partial charge in [-0.05, 0) is 17.7 Å². The van der Waals surface area contributed by atoms with Crippen LogP contribution in [-0.2, 0) is 17.5 Å². The number of aldehydes is 1. The summed E-state index contributed by atoms with van der Waals surface area (Å²) in [5, 5.41) is 0. The second-order valence-electron chi connectivity index (χ2n) is 5.05. The van der Waals surface area contributed by atoms with E-state index >= 15 is 0 Å². The molecule has 27 heavy (non-hydrogen) atoms. The number of hydrogen-bond donors (Lipinski definition) is 0. The third-order valence-corrected chi connectivity index (χ3v) is 3.37. The van der Waals surface area contributed by atoms with Gasteiger partial charge in [0.15, 0.2) is 23.3 Å². The van der Waals surface area contributed by atoms with Gasteiger partial charge in [-0.15, -0.1) is 0 Å². The van der Waals surface area contributed by atoms with Crippen LogP contribution in [0.3, 0.4) is 0 Å². The molecule has 0 aromatic heterocycles. The molecule has 11 heteroatoms.